The Hall–Kier alpha value is -1.10. The van der Waals surface area contributed by atoms with Gasteiger partial charge in [-0.15, -0.1) is 0 Å². The molecule has 0 bridgehead atoms. The fourth-order valence-electron chi connectivity index (χ4n) is 1.65. The van der Waals surface area contributed by atoms with Crippen molar-refractivity contribution in [2.24, 2.45) is 0 Å². The van der Waals surface area contributed by atoms with Crippen LogP contribution in [0.25, 0.3) is 0 Å². The summed E-state index contributed by atoms with van der Waals surface area (Å²) in [4.78, 5) is 13.5. The minimum atomic E-state index is -0.606. The van der Waals surface area contributed by atoms with Gasteiger partial charge in [-0.05, 0) is 24.6 Å². The quantitative estimate of drug-likeness (QED) is 0.814. The molecule has 0 aliphatic rings. The highest BCUT2D eigenvalue weighted by molar-refractivity contribution is 6.30. The largest absolute Gasteiger partial charge is 0.395 e. The van der Waals surface area contributed by atoms with E-state index in [9.17, 15) is 9.90 Å². The molecule has 0 fully saturated rings. The molecule has 18 heavy (non-hydrogen) atoms. The highest BCUT2D eigenvalue weighted by atomic mass is 35.5. The number of amides is 1. The predicted molar refractivity (Wildman–Crippen MR) is 70.5 cm³/mol. The van der Waals surface area contributed by atoms with Gasteiger partial charge in [0, 0.05) is 18.1 Å². The number of hydrogen-bond acceptors (Lipinski definition) is 3. The monoisotopic (exact) mass is 271 g/mol. The Labute approximate surface area is 112 Å². The average molecular weight is 272 g/mol. The van der Waals surface area contributed by atoms with Crippen LogP contribution >= 0.6 is 11.6 Å². The molecule has 0 aliphatic carbocycles. The lowest BCUT2D eigenvalue weighted by atomic mass is 10.1. The van der Waals surface area contributed by atoms with Crippen LogP contribution in [0.15, 0.2) is 24.3 Å². The van der Waals surface area contributed by atoms with Crippen LogP contribution in [0.4, 0.5) is 0 Å². The maximum atomic E-state index is 12.0. The molecular weight excluding hydrogens is 254 g/mol. The highest BCUT2D eigenvalue weighted by Crippen LogP contribution is 2.11. The van der Waals surface area contributed by atoms with Crippen LogP contribution in [-0.4, -0.2) is 46.8 Å². The molecule has 0 radical (unpaired) electrons. The maximum absolute atomic E-state index is 12.0. The summed E-state index contributed by atoms with van der Waals surface area (Å²) < 4.78 is 0. The Kier molecular flexibility index (Phi) is 6.12. The summed E-state index contributed by atoms with van der Waals surface area (Å²) in [7, 11) is 0. The van der Waals surface area contributed by atoms with E-state index in [2.05, 4.69) is 0 Å². The van der Waals surface area contributed by atoms with E-state index in [1.807, 2.05) is 0 Å². The Morgan fingerprint density at radius 1 is 1.39 bits per heavy atom. The maximum Gasteiger partial charge on any atom is 0.227 e. The van der Waals surface area contributed by atoms with Gasteiger partial charge >= 0.3 is 0 Å². The summed E-state index contributed by atoms with van der Waals surface area (Å²) in [5.41, 5.74) is 0.859. The molecule has 2 N–H and O–H groups in total. The molecule has 0 saturated heterocycles. The molecule has 1 atom stereocenters. The van der Waals surface area contributed by atoms with Gasteiger partial charge in [0.05, 0.1) is 19.1 Å². The van der Waals surface area contributed by atoms with Gasteiger partial charge in [0.2, 0.25) is 5.91 Å². The summed E-state index contributed by atoms with van der Waals surface area (Å²) in [5.74, 6) is -0.118. The van der Waals surface area contributed by atoms with Crippen molar-refractivity contribution in [3.8, 4) is 0 Å². The third kappa shape index (κ3) is 5.04. The normalized spacial score (nSPS) is 12.2. The summed E-state index contributed by atoms with van der Waals surface area (Å²) >= 11 is 5.77. The van der Waals surface area contributed by atoms with Gasteiger partial charge in [-0.1, -0.05) is 23.7 Å². The molecule has 0 spiro atoms. The molecule has 1 aromatic rings. The van der Waals surface area contributed by atoms with E-state index in [1.54, 1.807) is 31.2 Å². The Balaban J connectivity index is 2.63. The van der Waals surface area contributed by atoms with Gasteiger partial charge in [-0.25, -0.2) is 0 Å². The Morgan fingerprint density at radius 3 is 2.50 bits per heavy atom. The van der Waals surface area contributed by atoms with E-state index < -0.39 is 6.10 Å². The number of hydrogen-bond donors (Lipinski definition) is 2. The van der Waals surface area contributed by atoms with E-state index in [4.69, 9.17) is 16.7 Å². The number of aliphatic hydroxyl groups is 2. The molecular formula is C13H18ClNO3. The minimum Gasteiger partial charge on any atom is -0.395 e. The molecule has 1 aromatic carbocycles. The van der Waals surface area contributed by atoms with E-state index in [1.165, 1.54) is 4.90 Å². The van der Waals surface area contributed by atoms with Crippen molar-refractivity contribution in [3.63, 3.8) is 0 Å². The van der Waals surface area contributed by atoms with Gasteiger partial charge in [0.15, 0.2) is 0 Å². The number of carbonyl (C=O) groups is 1. The number of halogens is 1. The Bertz CT molecular complexity index is 378. The zero-order valence-electron chi connectivity index (χ0n) is 10.3. The summed E-state index contributed by atoms with van der Waals surface area (Å²) in [6.45, 7) is 1.96. The van der Waals surface area contributed by atoms with Gasteiger partial charge < -0.3 is 15.1 Å². The first-order valence-corrected chi connectivity index (χ1v) is 6.22. The van der Waals surface area contributed by atoms with Crippen LogP contribution in [-0.2, 0) is 11.2 Å². The van der Waals surface area contributed by atoms with Crippen molar-refractivity contribution >= 4 is 17.5 Å². The van der Waals surface area contributed by atoms with Crippen LogP contribution in [0.2, 0.25) is 5.02 Å². The first kappa shape index (κ1) is 15.0. The lowest BCUT2D eigenvalue weighted by Gasteiger charge is -2.23. The molecule has 5 heteroatoms. The van der Waals surface area contributed by atoms with Gasteiger partial charge in [-0.2, -0.15) is 0 Å². The molecule has 0 aromatic heterocycles. The first-order chi connectivity index (χ1) is 8.52. The van der Waals surface area contributed by atoms with Crippen LogP contribution in [0.3, 0.4) is 0 Å². The topological polar surface area (TPSA) is 60.8 Å². The minimum absolute atomic E-state index is 0.112. The number of nitrogens with zero attached hydrogens (tertiary/aromatic N) is 1. The van der Waals surface area contributed by atoms with E-state index in [0.717, 1.165) is 5.56 Å². The molecule has 0 aliphatic heterocycles. The fraction of sp³-hybridized carbons (Fsp3) is 0.462. The lowest BCUT2D eigenvalue weighted by molar-refractivity contribution is -0.132. The van der Waals surface area contributed by atoms with E-state index >= 15 is 0 Å². The van der Waals surface area contributed by atoms with Crippen molar-refractivity contribution in [2.75, 3.05) is 19.7 Å². The number of carbonyl (C=O) groups excluding carboxylic acids is 1. The molecule has 4 nitrogen and oxygen atoms in total. The SMILES string of the molecule is CC(O)CN(CCO)C(=O)Cc1ccc(Cl)cc1. The van der Waals surface area contributed by atoms with Crippen LogP contribution < -0.4 is 0 Å². The molecule has 0 heterocycles. The van der Waals surface area contributed by atoms with E-state index in [0.29, 0.717) is 5.02 Å². The van der Waals surface area contributed by atoms with Crippen LogP contribution in [0.1, 0.15) is 12.5 Å². The van der Waals surface area contributed by atoms with Crippen molar-refractivity contribution in [1.29, 1.82) is 0 Å². The second-order valence-corrected chi connectivity index (χ2v) is 4.65. The fourth-order valence-corrected chi connectivity index (χ4v) is 1.77. The summed E-state index contributed by atoms with van der Waals surface area (Å²) in [6, 6.07) is 7.05. The third-order valence-electron chi connectivity index (χ3n) is 2.48. The molecule has 0 saturated carbocycles. The highest BCUT2D eigenvalue weighted by Gasteiger charge is 2.15. The van der Waals surface area contributed by atoms with Gasteiger partial charge in [0.1, 0.15) is 0 Å². The molecule has 1 unspecified atom stereocenters. The Morgan fingerprint density at radius 2 is 2.00 bits per heavy atom. The van der Waals surface area contributed by atoms with Crippen molar-refractivity contribution in [2.45, 2.75) is 19.4 Å². The lowest BCUT2D eigenvalue weighted by Crippen LogP contribution is -2.39. The molecule has 1 rings (SSSR count). The van der Waals surface area contributed by atoms with Crippen LogP contribution in [0.5, 0.6) is 0 Å². The zero-order valence-corrected chi connectivity index (χ0v) is 11.1. The zero-order chi connectivity index (χ0) is 13.5. The van der Waals surface area contributed by atoms with E-state index in [-0.39, 0.29) is 32.0 Å². The average Bonchev–Trinajstić information content (AvgIpc) is 2.31. The van der Waals surface area contributed by atoms with Crippen LogP contribution in [0, 0.1) is 0 Å². The number of benzene rings is 1. The summed E-state index contributed by atoms with van der Waals surface area (Å²) in [5, 5.41) is 18.8. The number of aliphatic hydroxyl groups excluding tert-OH is 2. The van der Waals surface area contributed by atoms with Gasteiger partial charge in [-0.3, -0.25) is 4.79 Å². The second-order valence-electron chi connectivity index (χ2n) is 4.22. The summed E-state index contributed by atoms with van der Waals surface area (Å²) in [6.07, 6.45) is -0.366. The first-order valence-electron chi connectivity index (χ1n) is 5.84. The predicted octanol–water partition coefficient (Wildman–Crippen LogP) is 1.08. The number of rotatable bonds is 6. The van der Waals surface area contributed by atoms with Crippen molar-refractivity contribution in [1.82, 2.24) is 4.90 Å². The molecule has 100 valence electrons. The second kappa shape index (κ2) is 7.36. The van der Waals surface area contributed by atoms with Crippen molar-refractivity contribution in [3.05, 3.63) is 34.9 Å². The van der Waals surface area contributed by atoms with Gasteiger partial charge in [0.25, 0.3) is 0 Å². The van der Waals surface area contributed by atoms with Crippen molar-refractivity contribution < 1.29 is 15.0 Å². The third-order valence-corrected chi connectivity index (χ3v) is 2.73. The smallest absolute Gasteiger partial charge is 0.227 e. The molecule has 1 amide bonds. The standard InChI is InChI=1S/C13H18ClNO3/c1-10(17)9-15(6-7-16)13(18)8-11-2-4-12(14)5-3-11/h2-5,10,16-17H,6-9H2,1H3.